The maximum absolute atomic E-state index is 7.45. The van der Waals surface area contributed by atoms with Crippen molar-refractivity contribution in [1.29, 1.82) is 5.41 Å². The van der Waals surface area contributed by atoms with E-state index in [-0.39, 0.29) is 5.84 Å². The van der Waals surface area contributed by atoms with Gasteiger partial charge in [0.25, 0.3) is 0 Å². The van der Waals surface area contributed by atoms with Gasteiger partial charge in [0.1, 0.15) is 11.5 Å². The summed E-state index contributed by atoms with van der Waals surface area (Å²) in [6.45, 7) is 1.90. The third kappa shape index (κ3) is 2.79. The summed E-state index contributed by atoms with van der Waals surface area (Å²) < 4.78 is 0. The van der Waals surface area contributed by atoms with Crippen LogP contribution in [-0.4, -0.2) is 20.8 Å². The molecule has 86 valence electrons. The lowest BCUT2D eigenvalue weighted by molar-refractivity contribution is 0.931. The molecule has 2 heterocycles. The average Bonchev–Trinajstić information content (AvgIpc) is 2.29. The molecule has 0 unspecified atom stereocenters. The van der Waals surface area contributed by atoms with Gasteiger partial charge in [-0.05, 0) is 36.9 Å². The molecule has 0 bridgehead atoms. The third-order valence-corrected chi connectivity index (χ3v) is 2.93. The number of aromatic nitrogens is 3. The second-order valence-corrected chi connectivity index (χ2v) is 4.36. The molecule has 2 rings (SSSR count). The maximum atomic E-state index is 7.45. The fraction of sp³-hybridized carbons (Fsp3) is 0.0909. The van der Waals surface area contributed by atoms with Gasteiger partial charge in [0, 0.05) is 23.0 Å². The molecule has 0 amide bonds. The number of nitrogens with zero attached hydrogens (tertiary/aromatic N) is 3. The Morgan fingerprint density at radius 1 is 1.29 bits per heavy atom. The summed E-state index contributed by atoms with van der Waals surface area (Å²) in [7, 11) is 0. The molecule has 0 atom stereocenters. The van der Waals surface area contributed by atoms with E-state index in [4.69, 9.17) is 11.1 Å². The molecule has 5 nitrogen and oxygen atoms in total. The Kier molecular flexibility index (Phi) is 3.34. The molecular weight excluding hydrogens is 234 g/mol. The van der Waals surface area contributed by atoms with Gasteiger partial charge in [-0.2, -0.15) is 0 Å². The number of amidine groups is 1. The summed E-state index contributed by atoms with van der Waals surface area (Å²) in [6, 6.07) is 5.48. The standard InChI is InChI=1S/C11H11N5S/c1-7-4-6-15-11(16-7)17-8-3-2-5-14-9(8)10(12)13/h2-6H,1H3,(H3,12,13). The molecule has 2 aromatic heterocycles. The van der Waals surface area contributed by atoms with Gasteiger partial charge < -0.3 is 5.73 Å². The highest BCUT2D eigenvalue weighted by Gasteiger charge is 2.09. The van der Waals surface area contributed by atoms with E-state index in [0.29, 0.717) is 10.9 Å². The number of rotatable bonds is 3. The topological polar surface area (TPSA) is 88.5 Å². The van der Waals surface area contributed by atoms with Crippen LogP contribution in [0.1, 0.15) is 11.4 Å². The van der Waals surface area contributed by atoms with Crippen molar-refractivity contribution in [1.82, 2.24) is 15.0 Å². The minimum Gasteiger partial charge on any atom is -0.382 e. The summed E-state index contributed by atoms with van der Waals surface area (Å²) in [5.41, 5.74) is 6.82. The Morgan fingerprint density at radius 3 is 2.82 bits per heavy atom. The SMILES string of the molecule is Cc1ccnc(Sc2cccnc2C(=N)N)n1. The summed E-state index contributed by atoms with van der Waals surface area (Å²) in [5.74, 6) is -0.0549. The zero-order valence-corrected chi connectivity index (χ0v) is 10.0. The quantitative estimate of drug-likeness (QED) is 0.487. The molecule has 0 aliphatic heterocycles. The van der Waals surface area contributed by atoms with E-state index < -0.39 is 0 Å². The Bertz CT molecular complexity index is 555. The van der Waals surface area contributed by atoms with E-state index in [1.807, 2.05) is 19.1 Å². The van der Waals surface area contributed by atoms with Crippen molar-refractivity contribution >= 4 is 17.6 Å². The van der Waals surface area contributed by atoms with Crippen LogP contribution < -0.4 is 5.73 Å². The number of nitrogen functional groups attached to an aromatic ring is 1. The fourth-order valence-electron chi connectivity index (χ4n) is 1.25. The van der Waals surface area contributed by atoms with Crippen LogP contribution in [0, 0.1) is 12.3 Å². The van der Waals surface area contributed by atoms with Crippen molar-refractivity contribution in [2.24, 2.45) is 5.73 Å². The van der Waals surface area contributed by atoms with Crippen LogP contribution >= 0.6 is 11.8 Å². The van der Waals surface area contributed by atoms with Gasteiger partial charge in [-0.25, -0.2) is 9.97 Å². The molecule has 0 radical (unpaired) electrons. The number of nitrogens with two attached hydrogens (primary N) is 1. The van der Waals surface area contributed by atoms with Crippen LogP contribution in [0.2, 0.25) is 0 Å². The number of hydrogen-bond donors (Lipinski definition) is 2. The molecule has 0 saturated carbocycles. The van der Waals surface area contributed by atoms with Gasteiger partial charge in [-0.3, -0.25) is 10.4 Å². The lowest BCUT2D eigenvalue weighted by Gasteiger charge is -2.05. The minimum atomic E-state index is -0.0549. The Labute approximate surface area is 103 Å². The maximum Gasteiger partial charge on any atom is 0.192 e. The van der Waals surface area contributed by atoms with Crippen LogP contribution in [0.25, 0.3) is 0 Å². The van der Waals surface area contributed by atoms with E-state index in [2.05, 4.69) is 15.0 Å². The van der Waals surface area contributed by atoms with Gasteiger partial charge in [0.15, 0.2) is 5.16 Å². The lowest BCUT2D eigenvalue weighted by atomic mass is 10.3. The van der Waals surface area contributed by atoms with Crippen LogP contribution in [0.4, 0.5) is 0 Å². The van der Waals surface area contributed by atoms with Gasteiger partial charge in [-0.15, -0.1) is 0 Å². The van der Waals surface area contributed by atoms with Gasteiger partial charge in [0.2, 0.25) is 0 Å². The normalized spacial score (nSPS) is 10.2. The molecule has 0 fully saturated rings. The third-order valence-electron chi connectivity index (χ3n) is 2.00. The van der Waals surface area contributed by atoms with Crippen molar-refractivity contribution in [3.05, 3.63) is 42.0 Å². The van der Waals surface area contributed by atoms with Crippen molar-refractivity contribution in [2.45, 2.75) is 17.0 Å². The molecule has 17 heavy (non-hydrogen) atoms. The van der Waals surface area contributed by atoms with E-state index in [1.54, 1.807) is 18.5 Å². The van der Waals surface area contributed by atoms with Crippen molar-refractivity contribution in [3.8, 4) is 0 Å². The number of nitrogens with one attached hydrogen (secondary N) is 1. The Hall–Kier alpha value is -1.95. The van der Waals surface area contributed by atoms with Gasteiger partial charge in [0.05, 0.1) is 0 Å². The molecule has 2 aromatic rings. The summed E-state index contributed by atoms with van der Waals surface area (Å²) >= 11 is 1.35. The first-order chi connectivity index (χ1) is 8.16. The summed E-state index contributed by atoms with van der Waals surface area (Å²) in [4.78, 5) is 13.3. The monoisotopic (exact) mass is 245 g/mol. The molecule has 0 saturated heterocycles. The Morgan fingerprint density at radius 2 is 2.12 bits per heavy atom. The molecular formula is C11H11N5S. The van der Waals surface area contributed by atoms with Crippen LogP contribution in [0.5, 0.6) is 0 Å². The predicted molar refractivity (Wildman–Crippen MR) is 66.1 cm³/mol. The number of hydrogen-bond acceptors (Lipinski definition) is 5. The predicted octanol–water partition coefficient (Wildman–Crippen LogP) is 1.62. The highest BCUT2D eigenvalue weighted by Crippen LogP contribution is 2.26. The second-order valence-electron chi connectivity index (χ2n) is 3.35. The number of pyridine rings is 1. The molecule has 0 aliphatic carbocycles. The van der Waals surface area contributed by atoms with Crippen LogP contribution in [-0.2, 0) is 0 Å². The van der Waals surface area contributed by atoms with E-state index >= 15 is 0 Å². The molecule has 0 aromatic carbocycles. The molecule has 6 heteroatoms. The van der Waals surface area contributed by atoms with Crippen molar-refractivity contribution < 1.29 is 0 Å². The molecule has 3 N–H and O–H groups in total. The smallest absolute Gasteiger partial charge is 0.192 e. The summed E-state index contributed by atoms with van der Waals surface area (Å²) in [5, 5.41) is 8.07. The minimum absolute atomic E-state index is 0.0549. The zero-order chi connectivity index (χ0) is 12.3. The number of aryl methyl sites for hydroxylation is 1. The highest BCUT2D eigenvalue weighted by molar-refractivity contribution is 7.99. The lowest BCUT2D eigenvalue weighted by Crippen LogP contribution is -2.14. The van der Waals surface area contributed by atoms with E-state index in [1.165, 1.54) is 11.8 Å². The first kappa shape index (κ1) is 11.5. The van der Waals surface area contributed by atoms with Crippen LogP contribution in [0.15, 0.2) is 40.6 Å². The van der Waals surface area contributed by atoms with Gasteiger partial charge in [-0.1, -0.05) is 0 Å². The average molecular weight is 245 g/mol. The highest BCUT2D eigenvalue weighted by atomic mass is 32.2. The van der Waals surface area contributed by atoms with Gasteiger partial charge >= 0.3 is 0 Å². The van der Waals surface area contributed by atoms with E-state index in [0.717, 1.165) is 10.6 Å². The molecule has 0 spiro atoms. The van der Waals surface area contributed by atoms with E-state index in [9.17, 15) is 0 Å². The Balaban J connectivity index is 2.33. The van der Waals surface area contributed by atoms with Crippen LogP contribution in [0.3, 0.4) is 0 Å². The first-order valence-corrected chi connectivity index (χ1v) is 5.75. The zero-order valence-electron chi connectivity index (χ0n) is 9.21. The summed E-state index contributed by atoms with van der Waals surface area (Å²) in [6.07, 6.45) is 3.31. The first-order valence-electron chi connectivity index (χ1n) is 4.94. The fourth-order valence-corrected chi connectivity index (χ4v) is 2.15. The second kappa shape index (κ2) is 4.92. The largest absolute Gasteiger partial charge is 0.382 e. The van der Waals surface area contributed by atoms with Crippen molar-refractivity contribution in [2.75, 3.05) is 0 Å². The molecule has 0 aliphatic rings. The van der Waals surface area contributed by atoms with Crippen molar-refractivity contribution in [3.63, 3.8) is 0 Å².